The van der Waals surface area contributed by atoms with Crippen molar-refractivity contribution in [1.29, 1.82) is 0 Å². The zero-order chi connectivity index (χ0) is 11.5. The van der Waals surface area contributed by atoms with Gasteiger partial charge in [-0.3, -0.25) is 0 Å². The Labute approximate surface area is 100 Å². The van der Waals surface area contributed by atoms with Crippen molar-refractivity contribution >= 4 is 30.1 Å². The van der Waals surface area contributed by atoms with Gasteiger partial charge in [0.15, 0.2) is 0 Å². The molecule has 6 heteroatoms. The quantitative estimate of drug-likeness (QED) is 0.385. The van der Waals surface area contributed by atoms with Gasteiger partial charge in [0.1, 0.15) is 5.82 Å². The molecular weight excluding hydrogens is 343 g/mol. The molecular formula is C9H3F4IS. The predicted octanol–water partition coefficient (Wildman–Crippen LogP) is 4.24. The van der Waals surface area contributed by atoms with E-state index < -0.39 is 17.6 Å². The number of rotatable bonds is 0. The van der Waals surface area contributed by atoms with E-state index in [2.05, 4.69) is 11.2 Å². The minimum atomic E-state index is -4.47. The van der Waals surface area contributed by atoms with E-state index in [9.17, 15) is 17.6 Å². The molecule has 15 heavy (non-hydrogen) atoms. The van der Waals surface area contributed by atoms with Gasteiger partial charge in [-0.05, 0) is 32.4 Å². The molecule has 0 aliphatic carbocycles. The van der Waals surface area contributed by atoms with E-state index in [-0.39, 0.29) is 5.56 Å². The van der Waals surface area contributed by atoms with Crippen LogP contribution < -0.4 is 0 Å². The Morgan fingerprint density at radius 3 is 2.47 bits per heavy atom. The van der Waals surface area contributed by atoms with Crippen LogP contribution in [0.1, 0.15) is 11.1 Å². The molecule has 0 nitrogen and oxygen atoms in total. The summed E-state index contributed by atoms with van der Waals surface area (Å²) in [5.41, 5.74) is -1.14. The third-order valence-electron chi connectivity index (χ3n) is 1.52. The van der Waals surface area contributed by atoms with Crippen molar-refractivity contribution in [3.8, 4) is 11.2 Å². The smallest absolute Gasteiger partial charge is 0.206 e. The molecule has 0 heterocycles. The van der Waals surface area contributed by atoms with E-state index in [1.54, 1.807) is 0 Å². The van der Waals surface area contributed by atoms with Crippen LogP contribution in [0.25, 0.3) is 0 Å². The van der Waals surface area contributed by atoms with E-state index in [1.807, 2.05) is 21.2 Å². The molecule has 80 valence electrons. The minimum Gasteiger partial charge on any atom is -0.206 e. The molecule has 0 saturated carbocycles. The van der Waals surface area contributed by atoms with E-state index in [0.717, 1.165) is 15.0 Å². The maximum atomic E-state index is 13.0. The summed E-state index contributed by atoms with van der Waals surface area (Å²) in [6.07, 6.45) is -4.47. The number of benzene rings is 1. The van der Waals surface area contributed by atoms with Crippen molar-refractivity contribution < 1.29 is 17.6 Å². The highest BCUT2D eigenvalue weighted by molar-refractivity contribution is 14.2. The molecule has 0 amide bonds. The van der Waals surface area contributed by atoms with E-state index >= 15 is 0 Å². The molecule has 0 spiro atoms. The Balaban J connectivity index is 3.17. The molecule has 0 unspecified atom stereocenters. The molecule has 0 radical (unpaired) electrons. The van der Waals surface area contributed by atoms with Crippen LogP contribution in [0.15, 0.2) is 18.2 Å². The van der Waals surface area contributed by atoms with Crippen LogP contribution in [0.4, 0.5) is 17.6 Å². The number of hydrogen-bond acceptors (Lipinski definition) is 1. The van der Waals surface area contributed by atoms with Crippen LogP contribution in [0, 0.1) is 17.0 Å². The van der Waals surface area contributed by atoms with Gasteiger partial charge in [0.05, 0.1) is 11.1 Å². The first-order valence-electron chi connectivity index (χ1n) is 3.60. The number of halogens is 5. The lowest BCUT2D eigenvalue weighted by Gasteiger charge is -2.06. The normalized spacial score (nSPS) is 10.7. The first kappa shape index (κ1) is 12.6. The van der Waals surface area contributed by atoms with Gasteiger partial charge >= 0.3 is 6.18 Å². The molecule has 1 rings (SSSR count). The monoisotopic (exact) mass is 346 g/mol. The summed E-state index contributed by atoms with van der Waals surface area (Å²) in [6, 6.07) is 2.16. The van der Waals surface area contributed by atoms with E-state index in [0.29, 0.717) is 12.1 Å². The summed E-state index contributed by atoms with van der Waals surface area (Å²) >= 11 is 1.85. The van der Waals surface area contributed by atoms with Crippen molar-refractivity contribution in [1.82, 2.24) is 0 Å². The molecule has 0 saturated heterocycles. The van der Waals surface area contributed by atoms with Crippen LogP contribution in [-0.2, 0) is 6.18 Å². The second-order valence-electron chi connectivity index (χ2n) is 2.50. The molecule has 1 aromatic carbocycles. The third kappa shape index (κ3) is 3.57. The lowest BCUT2D eigenvalue weighted by atomic mass is 10.1. The van der Waals surface area contributed by atoms with Gasteiger partial charge < -0.3 is 0 Å². The lowest BCUT2D eigenvalue weighted by Crippen LogP contribution is -2.05. The van der Waals surface area contributed by atoms with Crippen molar-refractivity contribution in [3.05, 3.63) is 35.1 Å². The van der Waals surface area contributed by atoms with Crippen LogP contribution in [-0.4, -0.2) is 0 Å². The fraction of sp³-hybridized carbons (Fsp3) is 0.111. The van der Waals surface area contributed by atoms with Crippen LogP contribution in [0.3, 0.4) is 0 Å². The van der Waals surface area contributed by atoms with E-state index in [4.69, 9.17) is 0 Å². The van der Waals surface area contributed by atoms with Gasteiger partial charge in [0, 0.05) is 21.2 Å². The molecule has 0 fully saturated rings. The van der Waals surface area contributed by atoms with Crippen molar-refractivity contribution in [2.45, 2.75) is 6.18 Å². The maximum Gasteiger partial charge on any atom is 0.416 e. The first-order chi connectivity index (χ1) is 6.95. The zero-order valence-corrected chi connectivity index (χ0v) is 10.0. The fourth-order valence-electron chi connectivity index (χ4n) is 0.872. The van der Waals surface area contributed by atoms with Gasteiger partial charge in [-0.1, -0.05) is 5.92 Å². The zero-order valence-electron chi connectivity index (χ0n) is 7.03. The Hall–Kier alpha value is -0.420. The number of alkyl halides is 3. The second kappa shape index (κ2) is 5.07. The molecule has 0 atom stereocenters. The summed E-state index contributed by atoms with van der Waals surface area (Å²) in [5.74, 6) is 1.56. The molecule has 0 N–H and O–H groups in total. The predicted molar refractivity (Wildman–Crippen MR) is 59.9 cm³/mol. The SMILES string of the molecule is Fc1ccc(C(F)(F)F)cc1C#CSI. The third-order valence-corrected chi connectivity index (χ3v) is 2.36. The van der Waals surface area contributed by atoms with Crippen molar-refractivity contribution in [2.24, 2.45) is 0 Å². The molecule has 0 aliphatic heterocycles. The van der Waals surface area contributed by atoms with Gasteiger partial charge in [0.2, 0.25) is 0 Å². The molecule has 1 aromatic rings. The Morgan fingerprint density at radius 2 is 1.93 bits per heavy atom. The van der Waals surface area contributed by atoms with Gasteiger partial charge in [0.25, 0.3) is 0 Å². The highest BCUT2D eigenvalue weighted by Crippen LogP contribution is 2.30. The van der Waals surface area contributed by atoms with Gasteiger partial charge in [-0.25, -0.2) is 4.39 Å². The summed E-state index contributed by atoms with van der Waals surface area (Å²) in [6.45, 7) is 0. The van der Waals surface area contributed by atoms with Gasteiger partial charge in [-0.2, -0.15) is 13.2 Å². The standard InChI is InChI=1S/C9H3F4IS/c10-8-2-1-7(9(11,12)13)5-6(8)3-4-15-14/h1-2,5H. The largest absolute Gasteiger partial charge is 0.416 e. The first-order valence-corrected chi connectivity index (χ1v) is 6.96. The minimum absolute atomic E-state index is 0.242. The fourth-order valence-corrected chi connectivity index (χ4v) is 1.35. The molecule has 0 aliphatic rings. The highest BCUT2D eigenvalue weighted by Gasteiger charge is 2.30. The van der Waals surface area contributed by atoms with Crippen molar-refractivity contribution in [3.63, 3.8) is 0 Å². The number of hydrogen-bond donors (Lipinski definition) is 0. The Morgan fingerprint density at radius 1 is 1.27 bits per heavy atom. The van der Waals surface area contributed by atoms with E-state index in [1.165, 1.54) is 0 Å². The second-order valence-corrected chi connectivity index (χ2v) is 4.18. The summed E-state index contributed by atoms with van der Waals surface area (Å²) in [7, 11) is 1.08. The van der Waals surface area contributed by atoms with Crippen molar-refractivity contribution in [2.75, 3.05) is 0 Å². The Kier molecular flexibility index (Phi) is 4.28. The summed E-state index contributed by atoms with van der Waals surface area (Å²) in [5, 5.41) is 2.43. The van der Waals surface area contributed by atoms with Gasteiger partial charge in [-0.15, -0.1) is 0 Å². The van der Waals surface area contributed by atoms with Crippen LogP contribution >= 0.6 is 30.1 Å². The summed E-state index contributed by atoms with van der Waals surface area (Å²) in [4.78, 5) is 0. The average Bonchev–Trinajstić information content (AvgIpc) is 2.15. The molecule has 0 aromatic heterocycles. The Bertz CT molecular complexity index is 416. The lowest BCUT2D eigenvalue weighted by molar-refractivity contribution is -0.137. The summed E-state index contributed by atoms with van der Waals surface area (Å²) < 4.78 is 49.7. The molecule has 0 bridgehead atoms. The average molecular weight is 346 g/mol. The van der Waals surface area contributed by atoms with Crippen LogP contribution in [0.2, 0.25) is 0 Å². The topological polar surface area (TPSA) is 0 Å². The highest BCUT2D eigenvalue weighted by atomic mass is 127. The van der Waals surface area contributed by atoms with Crippen LogP contribution in [0.5, 0.6) is 0 Å². The maximum absolute atomic E-state index is 13.0.